The molecule has 1 N–H and O–H groups in total. The molecule has 2 aromatic heterocycles. The van der Waals surface area contributed by atoms with Gasteiger partial charge in [-0.25, -0.2) is 0 Å². The monoisotopic (exact) mass is 345 g/mol. The van der Waals surface area contributed by atoms with Gasteiger partial charge in [0.1, 0.15) is 4.83 Å². The van der Waals surface area contributed by atoms with Gasteiger partial charge in [0.25, 0.3) is 5.91 Å². The minimum Gasteiger partial charge on any atom is -0.350 e. The van der Waals surface area contributed by atoms with Crippen LogP contribution in [0.25, 0.3) is 10.2 Å². The zero-order chi connectivity index (χ0) is 16.4. The van der Waals surface area contributed by atoms with Crippen molar-refractivity contribution in [3.8, 4) is 0 Å². The van der Waals surface area contributed by atoms with Gasteiger partial charge in [0.15, 0.2) is 0 Å². The van der Waals surface area contributed by atoms with Gasteiger partial charge in [0, 0.05) is 29.6 Å². The molecule has 0 aliphatic rings. The fourth-order valence-corrected chi connectivity index (χ4v) is 4.18. The molecule has 1 aromatic carbocycles. The second-order valence-corrected chi connectivity index (χ2v) is 7.65. The molecular formula is C17H19N3OS2. The first kappa shape index (κ1) is 16.1. The minimum absolute atomic E-state index is 0.00453. The zero-order valence-electron chi connectivity index (χ0n) is 13.4. The highest BCUT2D eigenvalue weighted by Gasteiger charge is 2.14. The summed E-state index contributed by atoms with van der Waals surface area (Å²) in [6.07, 6.45) is 0. The third kappa shape index (κ3) is 3.59. The number of benzene rings is 1. The van der Waals surface area contributed by atoms with Crippen LogP contribution in [0.3, 0.4) is 0 Å². The third-order valence-corrected chi connectivity index (χ3v) is 5.81. The summed E-state index contributed by atoms with van der Waals surface area (Å²) in [5.74, 6) is 0.857. The molecule has 6 heteroatoms. The molecule has 0 unspecified atom stereocenters. The van der Waals surface area contributed by atoms with Crippen LogP contribution < -0.4 is 5.32 Å². The second kappa shape index (κ2) is 6.76. The zero-order valence-corrected chi connectivity index (χ0v) is 15.1. The van der Waals surface area contributed by atoms with Gasteiger partial charge in [-0.3, -0.25) is 9.48 Å². The Hall–Kier alpha value is -1.79. The molecule has 0 bridgehead atoms. The van der Waals surface area contributed by atoms with Crippen molar-refractivity contribution in [3.05, 3.63) is 46.5 Å². The van der Waals surface area contributed by atoms with E-state index in [9.17, 15) is 4.79 Å². The van der Waals surface area contributed by atoms with E-state index in [0.29, 0.717) is 6.54 Å². The molecule has 0 aliphatic carbocycles. The second-order valence-electron chi connectivity index (χ2n) is 5.46. The first-order valence-electron chi connectivity index (χ1n) is 7.45. The molecule has 0 atom stereocenters. The number of nitrogens with zero attached hydrogens (tertiary/aromatic N) is 2. The molecule has 0 spiro atoms. The van der Waals surface area contributed by atoms with Crippen molar-refractivity contribution in [1.82, 2.24) is 15.1 Å². The Labute approximate surface area is 143 Å². The van der Waals surface area contributed by atoms with Gasteiger partial charge in [-0.05, 0) is 32.0 Å². The Kier molecular flexibility index (Phi) is 4.73. The smallest absolute Gasteiger partial charge is 0.261 e. The normalized spacial score (nSPS) is 11.1. The molecular weight excluding hydrogens is 326 g/mol. The summed E-state index contributed by atoms with van der Waals surface area (Å²) in [4.78, 5) is 15.3. The number of rotatable bonds is 5. The summed E-state index contributed by atoms with van der Waals surface area (Å²) in [6, 6.07) is 10.4. The number of nitrogens with one attached hydrogen (secondary N) is 1. The van der Waals surface area contributed by atoms with Gasteiger partial charge < -0.3 is 5.32 Å². The van der Waals surface area contributed by atoms with E-state index in [1.807, 2.05) is 24.7 Å². The number of carbonyl (C=O) groups is 1. The average molecular weight is 345 g/mol. The van der Waals surface area contributed by atoms with Crippen LogP contribution in [0, 0.1) is 13.8 Å². The SMILES string of the molecule is Cc1ccc(SCCNC(=O)c2cc3c(C)nn(C)c3s2)cc1. The van der Waals surface area contributed by atoms with Gasteiger partial charge in [-0.2, -0.15) is 5.10 Å². The van der Waals surface area contributed by atoms with Crippen molar-refractivity contribution in [2.45, 2.75) is 18.7 Å². The quantitative estimate of drug-likeness (QED) is 0.565. The van der Waals surface area contributed by atoms with Crippen LogP contribution in [-0.4, -0.2) is 28.0 Å². The highest BCUT2D eigenvalue weighted by molar-refractivity contribution is 7.99. The van der Waals surface area contributed by atoms with Gasteiger partial charge in [-0.1, -0.05) is 17.7 Å². The molecule has 0 saturated carbocycles. The van der Waals surface area contributed by atoms with E-state index in [2.05, 4.69) is 41.6 Å². The maximum absolute atomic E-state index is 12.3. The molecule has 3 rings (SSSR count). The number of amides is 1. The van der Waals surface area contributed by atoms with Gasteiger partial charge >= 0.3 is 0 Å². The van der Waals surface area contributed by atoms with E-state index in [4.69, 9.17) is 0 Å². The minimum atomic E-state index is -0.00453. The Morgan fingerprint density at radius 2 is 2.04 bits per heavy atom. The number of aryl methyl sites for hydroxylation is 3. The van der Waals surface area contributed by atoms with E-state index >= 15 is 0 Å². The summed E-state index contributed by atoms with van der Waals surface area (Å²) >= 11 is 3.24. The first-order valence-corrected chi connectivity index (χ1v) is 9.25. The van der Waals surface area contributed by atoms with Gasteiger partial charge in [0.2, 0.25) is 0 Å². The van der Waals surface area contributed by atoms with E-state index in [-0.39, 0.29) is 5.91 Å². The highest BCUT2D eigenvalue weighted by Crippen LogP contribution is 2.27. The standard InChI is InChI=1S/C17H19N3OS2/c1-11-4-6-13(7-5-11)22-9-8-18-16(21)15-10-14-12(2)19-20(3)17(14)23-15/h4-7,10H,8-9H2,1-3H3,(H,18,21). The van der Waals surface area contributed by atoms with Crippen LogP contribution >= 0.6 is 23.1 Å². The molecule has 120 valence electrons. The lowest BCUT2D eigenvalue weighted by Crippen LogP contribution is -2.24. The summed E-state index contributed by atoms with van der Waals surface area (Å²) in [5.41, 5.74) is 2.23. The van der Waals surface area contributed by atoms with Crippen LogP contribution in [0.5, 0.6) is 0 Å². The number of aromatic nitrogens is 2. The lowest BCUT2D eigenvalue weighted by molar-refractivity contribution is 0.0960. The van der Waals surface area contributed by atoms with Crippen LogP contribution in [0.4, 0.5) is 0 Å². The third-order valence-electron chi connectivity index (χ3n) is 3.60. The van der Waals surface area contributed by atoms with Crippen LogP contribution in [-0.2, 0) is 7.05 Å². The number of hydrogen-bond acceptors (Lipinski definition) is 4. The van der Waals surface area contributed by atoms with Crippen molar-refractivity contribution in [2.75, 3.05) is 12.3 Å². The molecule has 2 heterocycles. The molecule has 0 radical (unpaired) electrons. The molecule has 23 heavy (non-hydrogen) atoms. The van der Waals surface area contributed by atoms with E-state index in [1.54, 1.807) is 11.8 Å². The molecule has 3 aromatic rings. The summed E-state index contributed by atoms with van der Waals surface area (Å²) in [7, 11) is 1.91. The van der Waals surface area contributed by atoms with Crippen LogP contribution in [0.2, 0.25) is 0 Å². The van der Waals surface area contributed by atoms with E-state index in [0.717, 1.165) is 26.5 Å². The molecule has 0 fully saturated rings. The molecule has 1 amide bonds. The van der Waals surface area contributed by atoms with E-state index in [1.165, 1.54) is 21.8 Å². The van der Waals surface area contributed by atoms with Crippen molar-refractivity contribution < 1.29 is 4.79 Å². The van der Waals surface area contributed by atoms with Crippen molar-refractivity contribution >= 4 is 39.2 Å². The van der Waals surface area contributed by atoms with Crippen molar-refractivity contribution in [3.63, 3.8) is 0 Å². The Balaban J connectivity index is 1.54. The summed E-state index contributed by atoms with van der Waals surface area (Å²) < 4.78 is 1.83. The topological polar surface area (TPSA) is 46.9 Å². The summed E-state index contributed by atoms with van der Waals surface area (Å²) in [6.45, 7) is 4.70. The van der Waals surface area contributed by atoms with Gasteiger partial charge in [0.05, 0.1) is 10.6 Å². The maximum Gasteiger partial charge on any atom is 0.261 e. The molecule has 0 saturated heterocycles. The summed E-state index contributed by atoms with van der Waals surface area (Å²) in [5, 5.41) is 8.42. The van der Waals surface area contributed by atoms with Crippen LogP contribution in [0.15, 0.2) is 35.2 Å². The lowest BCUT2D eigenvalue weighted by Gasteiger charge is -2.04. The van der Waals surface area contributed by atoms with Crippen molar-refractivity contribution in [2.24, 2.45) is 7.05 Å². The molecule has 0 aliphatic heterocycles. The fraction of sp³-hybridized carbons (Fsp3) is 0.294. The van der Waals surface area contributed by atoms with Crippen molar-refractivity contribution in [1.29, 1.82) is 0 Å². The fourth-order valence-electron chi connectivity index (χ4n) is 2.37. The lowest BCUT2D eigenvalue weighted by atomic mass is 10.2. The van der Waals surface area contributed by atoms with E-state index < -0.39 is 0 Å². The number of thiophene rings is 1. The predicted molar refractivity (Wildman–Crippen MR) is 97.6 cm³/mol. The number of thioether (sulfide) groups is 1. The largest absolute Gasteiger partial charge is 0.350 e. The first-order chi connectivity index (χ1) is 11.0. The Morgan fingerprint density at radius 3 is 2.74 bits per heavy atom. The Bertz CT molecular complexity index is 799. The average Bonchev–Trinajstić information content (AvgIpc) is 3.08. The highest BCUT2D eigenvalue weighted by atomic mass is 32.2. The van der Waals surface area contributed by atoms with Crippen LogP contribution in [0.1, 0.15) is 20.9 Å². The molecule has 4 nitrogen and oxygen atoms in total. The Morgan fingerprint density at radius 1 is 1.30 bits per heavy atom. The number of carbonyl (C=O) groups excluding carboxylic acids is 1. The number of hydrogen-bond donors (Lipinski definition) is 1. The maximum atomic E-state index is 12.3. The van der Waals surface area contributed by atoms with Gasteiger partial charge in [-0.15, -0.1) is 23.1 Å². The predicted octanol–water partition coefficient (Wildman–Crippen LogP) is 3.77. The number of fused-ring (bicyclic) bond motifs is 1.